The number of hydrogen-bond acceptors (Lipinski definition) is 2. The van der Waals surface area contributed by atoms with E-state index in [-0.39, 0.29) is 11.2 Å². The number of halogens is 1. The summed E-state index contributed by atoms with van der Waals surface area (Å²) in [5, 5.41) is 9.79. The molecule has 1 N–H and O–H groups in total. The summed E-state index contributed by atoms with van der Waals surface area (Å²) in [5.41, 5.74) is -0.155. The highest BCUT2D eigenvalue weighted by molar-refractivity contribution is 7.99. The van der Waals surface area contributed by atoms with Gasteiger partial charge in [0.05, 0.1) is 6.10 Å². The van der Waals surface area contributed by atoms with Crippen molar-refractivity contribution in [1.82, 2.24) is 0 Å². The molecule has 0 amide bonds. The van der Waals surface area contributed by atoms with E-state index in [1.165, 1.54) is 17.8 Å². The normalized spacial score (nSPS) is 13.9. The van der Waals surface area contributed by atoms with Crippen LogP contribution >= 0.6 is 11.8 Å². The number of thioether (sulfide) groups is 1. The first kappa shape index (κ1) is 12.5. The van der Waals surface area contributed by atoms with Crippen LogP contribution in [0.2, 0.25) is 0 Å². The molecule has 0 aliphatic carbocycles. The van der Waals surface area contributed by atoms with Crippen LogP contribution in [-0.2, 0) is 0 Å². The van der Waals surface area contributed by atoms with Gasteiger partial charge in [0.25, 0.3) is 0 Å². The fourth-order valence-corrected chi connectivity index (χ4v) is 2.20. The van der Waals surface area contributed by atoms with Crippen LogP contribution in [0.5, 0.6) is 0 Å². The van der Waals surface area contributed by atoms with Crippen LogP contribution in [0.3, 0.4) is 0 Å². The average molecular weight is 228 g/mol. The van der Waals surface area contributed by atoms with E-state index in [1.807, 2.05) is 20.8 Å². The second kappa shape index (κ2) is 4.99. The Labute approximate surface area is 94.7 Å². The maximum absolute atomic E-state index is 13.2. The molecule has 1 aromatic carbocycles. The van der Waals surface area contributed by atoms with Crippen molar-refractivity contribution in [2.75, 3.05) is 5.75 Å². The predicted octanol–water partition coefficient (Wildman–Crippen LogP) is 3.32. The molecule has 15 heavy (non-hydrogen) atoms. The zero-order chi connectivity index (χ0) is 11.5. The van der Waals surface area contributed by atoms with Gasteiger partial charge in [-0.1, -0.05) is 32.9 Å². The van der Waals surface area contributed by atoms with Crippen LogP contribution in [0.15, 0.2) is 29.2 Å². The van der Waals surface area contributed by atoms with E-state index in [1.54, 1.807) is 18.2 Å². The van der Waals surface area contributed by atoms with Gasteiger partial charge in [-0.2, -0.15) is 0 Å². The van der Waals surface area contributed by atoms with E-state index < -0.39 is 6.10 Å². The molecular weight excluding hydrogens is 211 g/mol. The third kappa shape index (κ3) is 3.84. The van der Waals surface area contributed by atoms with Crippen molar-refractivity contribution in [3.63, 3.8) is 0 Å². The molecule has 0 radical (unpaired) electrons. The van der Waals surface area contributed by atoms with E-state index in [9.17, 15) is 9.50 Å². The summed E-state index contributed by atoms with van der Waals surface area (Å²) < 4.78 is 13.2. The zero-order valence-electron chi connectivity index (χ0n) is 9.33. The van der Waals surface area contributed by atoms with E-state index in [4.69, 9.17) is 0 Å². The maximum atomic E-state index is 13.2. The van der Waals surface area contributed by atoms with Gasteiger partial charge in [-0.25, -0.2) is 4.39 Å². The number of rotatable bonds is 3. The lowest BCUT2D eigenvalue weighted by Gasteiger charge is -2.25. The Hall–Kier alpha value is -0.540. The van der Waals surface area contributed by atoms with Crippen LogP contribution in [0.4, 0.5) is 4.39 Å². The lowest BCUT2D eigenvalue weighted by atomic mass is 9.90. The summed E-state index contributed by atoms with van der Waals surface area (Å²) in [7, 11) is 0. The first-order valence-electron chi connectivity index (χ1n) is 4.96. The highest BCUT2D eigenvalue weighted by Crippen LogP contribution is 2.27. The molecule has 1 unspecified atom stereocenters. The summed E-state index contributed by atoms with van der Waals surface area (Å²) in [6.45, 7) is 5.92. The SMILES string of the molecule is CC(C)(C)C(O)CSc1ccccc1F. The van der Waals surface area contributed by atoms with Gasteiger partial charge < -0.3 is 5.11 Å². The highest BCUT2D eigenvalue weighted by Gasteiger charge is 2.22. The predicted molar refractivity (Wildman–Crippen MR) is 62.6 cm³/mol. The van der Waals surface area contributed by atoms with Crippen molar-refractivity contribution in [3.8, 4) is 0 Å². The summed E-state index contributed by atoms with van der Waals surface area (Å²) in [5.74, 6) is 0.299. The van der Waals surface area contributed by atoms with Gasteiger partial charge in [-0.15, -0.1) is 11.8 Å². The molecule has 0 heterocycles. The van der Waals surface area contributed by atoms with Crippen LogP contribution in [0.25, 0.3) is 0 Å². The van der Waals surface area contributed by atoms with Gasteiger partial charge in [-0.3, -0.25) is 0 Å². The zero-order valence-corrected chi connectivity index (χ0v) is 10.1. The summed E-state index contributed by atoms with van der Waals surface area (Å²) in [6, 6.07) is 6.63. The van der Waals surface area contributed by atoms with E-state index in [2.05, 4.69) is 0 Å². The first-order valence-corrected chi connectivity index (χ1v) is 5.95. The molecule has 0 bridgehead atoms. The molecule has 0 spiro atoms. The number of hydrogen-bond donors (Lipinski definition) is 1. The van der Waals surface area contributed by atoms with Crippen molar-refractivity contribution in [1.29, 1.82) is 0 Å². The van der Waals surface area contributed by atoms with Gasteiger partial charge in [0, 0.05) is 10.6 Å². The fraction of sp³-hybridized carbons (Fsp3) is 0.500. The molecule has 0 saturated carbocycles. The van der Waals surface area contributed by atoms with Crippen LogP contribution < -0.4 is 0 Å². The molecule has 3 heteroatoms. The summed E-state index contributed by atoms with van der Waals surface area (Å²) >= 11 is 1.36. The van der Waals surface area contributed by atoms with Crippen molar-refractivity contribution in [2.45, 2.75) is 31.8 Å². The molecule has 1 aromatic rings. The van der Waals surface area contributed by atoms with Crippen molar-refractivity contribution in [3.05, 3.63) is 30.1 Å². The van der Waals surface area contributed by atoms with Crippen LogP contribution in [-0.4, -0.2) is 17.0 Å². The topological polar surface area (TPSA) is 20.2 Å². The molecule has 84 valence electrons. The standard InChI is InChI=1S/C12H17FOS/c1-12(2,3)11(14)8-15-10-7-5-4-6-9(10)13/h4-7,11,14H,8H2,1-3H3. The Morgan fingerprint density at radius 3 is 2.47 bits per heavy atom. The van der Waals surface area contributed by atoms with Crippen LogP contribution in [0.1, 0.15) is 20.8 Å². The fourth-order valence-electron chi connectivity index (χ4n) is 0.981. The minimum Gasteiger partial charge on any atom is -0.392 e. The molecule has 0 fully saturated rings. The Kier molecular flexibility index (Phi) is 4.17. The molecule has 0 saturated heterocycles. The second-order valence-corrected chi connectivity index (χ2v) is 5.69. The third-order valence-corrected chi connectivity index (χ3v) is 3.36. The minimum atomic E-state index is -0.429. The summed E-state index contributed by atoms with van der Waals surface area (Å²) in [6.07, 6.45) is -0.429. The summed E-state index contributed by atoms with van der Waals surface area (Å²) in [4.78, 5) is 0.598. The number of aliphatic hydroxyl groups excluding tert-OH is 1. The molecule has 1 rings (SSSR count). The first-order chi connectivity index (χ1) is 6.91. The van der Waals surface area contributed by atoms with Gasteiger partial charge in [-0.05, 0) is 17.5 Å². The molecule has 0 aliphatic heterocycles. The number of benzene rings is 1. The maximum Gasteiger partial charge on any atom is 0.136 e. The smallest absolute Gasteiger partial charge is 0.136 e. The van der Waals surface area contributed by atoms with Gasteiger partial charge in [0.1, 0.15) is 5.82 Å². The van der Waals surface area contributed by atoms with Crippen molar-refractivity contribution >= 4 is 11.8 Å². The van der Waals surface area contributed by atoms with E-state index in [0.29, 0.717) is 10.6 Å². The molecule has 0 aliphatic rings. The van der Waals surface area contributed by atoms with Gasteiger partial charge in [0.2, 0.25) is 0 Å². The molecule has 1 atom stereocenters. The second-order valence-electron chi connectivity index (χ2n) is 4.62. The monoisotopic (exact) mass is 228 g/mol. The molecule has 0 aromatic heterocycles. The Balaban J connectivity index is 2.55. The Morgan fingerprint density at radius 1 is 1.33 bits per heavy atom. The Bertz CT molecular complexity index is 320. The third-order valence-electron chi connectivity index (χ3n) is 2.23. The number of aliphatic hydroxyl groups is 1. The van der Waals surface area contributed by atoms with E-state index in [0.717, 1.165) is 0 Å². The van der Waals surface area contributed by atoms with Crippen molar-refractivity contribution < 1.29 is 9.50 Å². The van der Waals surface area contributed by atoms with Gasteiger partial charge >= 0.3 is 0 Å². The van der Waals surface area contributed by atoms with E-state index >= 15 is 0 Å². The highest BCUT2D eigenvalue weighted by atomic mass is 32.2. The largest absolute Gasteiger partial charge is 0.392 e. The lowest BCUT2D eigenvalue weighted by Crippen LogP contribution is -2.28. The van der Waals surface area contributed by atoms with Gasteiger partial charge in [0.15, 0.2) is 0 Å². The van der Waals surface area contributed by atoms with Crippen LogP contribution in [0, 0.1) is 11.2 Å². The Morgan fingerprint density at radius 2 is 1.93 bits per heavy atom. The molecule has 1 nitrogen and oxygen atoms in total. The van der Waals surface area contributed by atoms with Crippen molar-refractivity contribution in [2.24, 2.45) is 5.41 Å². The molecular formula is C12H17FOS. The minimum absolute atomic E-state index is 0.155. The quantitative estimate of drug-likeness (QED) is 0.801. The lowest BCUT2D eigenvalue weighted by molar-refractivity contribution is 0.0842. The average Bonchev–Trinajstić information content (AvgIpc) is 2.14.